The molecule has 0 aliphatic carbocycles. The van der Waals surface area contributed by atoms with Crippen molar-refractivity contribution >= 4 is 17.6 Å². The average molecular weight is 381 g/mol. The molecule has 0 aliphatic heterocycles. The molecule has 3 rings (SSSR count). The Morgan fingerprint density at radius 3 is 2.21 bits per heavy atom. The molecule has 1 N–H and O–H groups in total. The molecule has 0 saturated carbocycles. The molecule has 28 heavy (non-hydrogen) atoms. The fourth-order valence-electron chi connectivity index (χ4n) is 2.59. The molecule has 142 valence electrons. The van der Waals surface area contributed by atoms with E-state index in [0.717, 1.165) is 28.8 Å². The van der Waals surface area contributed by atoms with Gasteiger partial charge in [0.15, 0.2) is 6.61 Å². The molecule has 0 heterocycles. The molecule has 4 nitrogen and oxygen atoms in total. The molecule has 0 spiro atoms. The van der Waals surface area contributed by atoms with E-state index in [-0.39, 0.29) is 12.1 Å². The predicted molar refractivity (Wildman–Crippen MR) is 102 cm³/mol. The van der Waals surface area contributed by atoms with Crippen LogP contribution in [0, 0.1) is 11.6 Å². The van der Waals surface area contributed by atoms with E-state index in [1.54, 1.807) is 0 Å². The third-order valence-corrected chi connectivity index (χ3v) is 3.98. The van der Waals surface area contributed by atoms with Gasteiger partial charge in [0, 0.05) is 6.07 Å². The zero-order valence-corrected chi connectivity index (χ0v) is 14.8. The molecule has 6 heteroatoms. The second kappa shape index (κ2) is 8.90. The van der Waals surface area contributed by atoms with Crippen molar-refractivity contribution < 1.29 is 23.1 Å². The zero-order chi connectivity index (χ0) is 19.9. The topological polar surface area (TPSA) is 55.4 Å². The Hall–Kier alpha value is -3.54. The standard InChI is InChI=1S/C22H17F2NO3/c23-18-10-11-20(19(24)13-18)25-21(26)14-28-22(27)12-15-6-8-17(9-7-15)16-4-2-1-3-5-16/h1-11,13H,12,14H2,(H,25,26). The van der Waals surface area contributed by atoms with Crippen molar-refractivity contribution in [2.24, 2.45) is 0 Å². The van der Waals surface area contributed by atoms with Crippen LogP contribution in [0.2, 0.25) is 0 Å². The molecular weight excluding hydrogens is 364 g/mol. The Kier molecular flexibility index (Phi) is 6.11. The number of rotatable bonds is 6. The van der Waals surface area contributed by atoms with Gasteiger partial charge in [-0.25, -0.2) is 8.78 Å². The van der Waals surface area contributed by atoms with Crippen LogP contribution >= 0.6 is 0 Å². The largest absolute Gasteiger partial charge is 0.455 e. The maximum atomic E-state index is 13.5. The SMILES string of the molecule is O=C(COC(=O)Cc1ccc(-c2ccccc2)cc1)Nc1ccc(F)cc1F. The van der Waals surface area contributed by atoms with Crippen LogP contribution in [0.15, 0.2) is 72.8 Å². The monoisotopic (exact) mass is 381 g/mol. The van der Waals surface area contributed by atoms with Crippen LogP contribution in [0.5, 0.6) is 0 Å². The third kappa shape index (κ3) is 5.23. The fraction of sp³-hybridized carbons (Fsp3) is 0.0909. The minimum atomic E-state index is -0.904. The number of ether oxygens (including phenoxy) is 1. The van der Waals surface area contributed by atoms with Gasteiger partial charge in [-0.1, -0.05) is 54.6 Å². The van der Waals surface area contributed by atoms with Gasteiger partial charge in [-0.15, -0.1) is 0 Å². The van der Waals surface area contributed by atoms with E-state index >= 15 is 0 Å². The van der Waals surface area contributed by atoms with Gasteiger partial charge in [0.05, 0.1) is 12.1 Å². The minimum Gasteiger partial charge on any atom is -0.455 e. The van der Waals surface area contributed by atoms with Crippen LogP contribution in [0.25, 0.3) is 11.1 Å². The Labute approximate surface area is 160 Å². The van der Waals surface area contributed by atoms with Crippen molar-refractivity contribution in [3.63, 3.8) is 0 Å². The lowest BCUT2D eigenvalue weighted by molar-refractivity contribution is -0.146. The molecule has 3 aromatic carbocycles. The molecule has 0 fully saturated rings. The van der Waals surface area contributed by atoms with E-state index in [1.165, 1.54) is 0 Å². The predicted octanol–water partition coefficient (Wildman–Crippen LogP) is 4.36. The van der Waals surface area contributed by atoms with Gasteiger partial charge in [-0.05, 0) is 28.8 Å². The van der Waals surface area contributed by atoms with E-state index in [9.17, 15) is 18.4 Å². The lowest BCUT2D eigenvalue weighted by atomic mass is 10.0. The number of anilines is 1. The molecule has 0 aliphatic rings. The first-order valence-corrected chi connectivity index (χ1v) is 8.56. The van der Waals surface area contributed by atoms with Crippen LogP contribution in [0.4, 0.5) is 14.5 Å². The average Bonchev–Trinajstić information content (AvgIpc) is 2.70. The van der Waals surface area contributed by atoms with E-state index in [4.69, 9.17) is 4.74 Å². The maximum absolute atomic E-state index is 13.5. The lowest BCUT2D eigenvalue weighted by Crippen LogP contribution is -2.22. The number of halogens is 2. The van der Waals surface area contributed by atoms with Gasteiger partial charge in [0.25, 0.3) is 5.91 Å². The van der Waals surface area contributed by atoms with Crippen LogP contribution < -0.4 is 5.32 Å². The number of carbonyl (C=O) groups excluding carboxylic acids is 2. The highest BCUT2D eigenvalue weighted by molar-refractivity contribution is 5.93. The Bertz CT molecular complexity index is 973. The van der Waals surface area contributed by atoms with Crippen LogP contribution in [0.3, 0.4) is 0 Å². The Morgan fingerprint density at radius 1 is 0.857 bits per heavy atom. The molecule has 3 aromatic rings. The van der Waals surface area contributed by atoms with Crippen molar-refractivity contribution in [1.82, 2.24) is 0 Å². The summed E-state index contributed by atoms with van der Waals surface area (Å²) >= 11 is 0. The molecule has 0 aromatic heterocycles. The van der Waals surface area contributed by atoms with Crippen molar-refractivity contribution in [1.29, 1.82) is 0 Å². The normalized spacial score (nSPS) is 10.4. The summed E-state index contributed by atoms with van der Waals surface area (Å²) in [5.41, 5.74) is 2.66. The Balaban J connectivity index is 1.49. The highest BCUT2D eigenvalue weighted by Crippen LogP contribution is 2.19. The zero-order valence-electron chi connectivity index (χ0n) is 14.8. The number of hydrogen-bond donors (Lipinski definition) is 1. The van der Waals surface area contributed by atoms with Gasteiger partial charge in [0.2, 0.25) is 0 Å². The first kappa shape index (κ1) is 19.2. The smallest absolute Gasteiger partial charge is 0.310 e. The summed E-state index contributed by atoms with van der Waals surface area (Å²) in [5, 5.41) is 2.22. The summed E-state index contributed by atoms with van der Waals surface area (Å²) in [6.07, 6.45) is 0.00720. The summed E-state index contributed by atoms with van der Waals surface area (Å²) in [6, 6.07) is 20.0. The second-order valence-corrected chi connectivity index (χ2v) is 6.07. The summed E-state index contributed by atoms with van der Waals surface area (Å²) in [6.45, 7) is -0.558. The number of carbonyl (C=O) groups is 2. The number of benzene rings is 3. The second-order valence-electron chi connectivity index (χ2n) is 6.07. The third-order valence-electron chi connectivity index (χ3n) is 3.98. The van der Waals surface area contributed by atoms with Crippen LogP contribution in [-0.4, -0.2) is 18.5 Å². The summed E-state index contributed by atoms with van der Waals surface area (Å²) in [4.78, 5) is 23.7. The van der Waals surface area contributed by atoms with Crippen molar-refractivity contribution in [2.45, 2.75) is 6.42 Å². The summed E-state index contributed by atoms with van der Waals surface area (Å²) < 4.78 is 31.2. The molecule has 0 unspecified atom stereocenters. The van der Waals surface area contributed by atoms with Gasteiger partial charge in [-0.2, -0.15) is 0 Å². The highest BCUT2D eigenvalue weighted by atomic mass is 19.1. The fourth-order valence-corrected chi connectivity index (χ4v) is 2.59. The van der Waals surface area contributed by atoms with Gasteiger partial charge >= 0.3 is 5.97 Å². The number of amides is 1. The van der Waals surface area contributed by atoms with Gasteiger partial charge in [0.1, 0.15) is 11.6 Å². The van der Waals surface area contributed by atoms with Gasteiger partial charge in [-0.3, -0.25) is 9.59 Å². The Morgan fingerprint density at radius 2 is 1.54 bits per heavy atom. The molecule has 0 saturated heterocycles. The van der Waals surface area contributed by atoms with E-state index in [1.807, 2.05) is 54.6 Å². The van der Waals surface area contributed by atoms with Crippen LogP contribution in [-0.2, 0) is 20.7 Å². The van der Waals surface area contributed by atoms with E-state index in [0.29, 0.717) is 6.07 Å². The van der Waals surface area contributed by atoms with E-state index in [2.05, 4.69) is 5.32 Å². The van der Waals surface area contributed by atoms with Crippen molar-refractivity contribution in [2.75, 3.05) is 11.9 Å². The number of nitrogens with one attached hydrogen (secondary N) is 1. The minimum absolute atomic E-state index is 0.00720. The molecule has 0 atom stereocenters. The van der Waals surface area contributed by atoms with Crippen molar-refractivity contribution in [3.8, 4) is 11.1 Å². The van der Waals surface area contributed by atoms with E-state index < -0.39 is 30.1 Å². The molecule has 0 bridgehead atoms. The first-order valence-electron chi connectivity index (χ1n) is 8.56. The molecule has 1 amide bonds. The quantitative estimate of drug-likeness (QED) is 0.646. The highest BCUT2D eigenvalue weighted by Gasteiger charge is 2.11. The summed E-state index contributed by atoms with van der Waals surface area (Å²) in [5.74, 6) is -2.95. The first-order chi connectivity index (χ1) is 13.5. The van der Waals surface area contributed by atoms with Crippen LogP contribution in [0.1, 0.15) is 5.56 Å². The lowest BCUT2D eigenvalue weighted by Gasteiger charge is -2.08. The van der Waals surface area contributed by atoms with Crippen molar-refractivity contribution in [3.05, 3.63) is 90.0 Å². The number of hydrogen-bond acceptors (Lipinski definition) is 3. The molecular formula is C22H17F2NO3. The summed E-state index contributed by atoms with van der Waals surface area (Å²) in [7, 11) is 0. The number of esters is 1. The maximum Gasteiger partial charge on any atom is 0.310 e. The van der Waals surface area contributed by atoms with Gasteiger partial charge < -0.3 is 10.1 Å². The molecule has 0 radical (unpaired) electrons.